The number of nitro benzene ring substituents is 1. The molecule has 1 aromatic heterocycles. The van der Waals surface area contributed by atoms with Crippen LogP contribution in [-0.4, -0.2) is 26.7 Å². The third-order valence-corrected chi connectivity index (χ3v) is 3.92. The number of nitrogens with zero attached hydrogens (tertiary/aromatic N) is 2. The van der Waals surface area contributed by atoms with Crippen LogP contribution in [0.15, 0.2) is 29.3 Å². The molecule has 5 nitrogen and oxygen atoms in total. The number of para-hydroxylation sites is 1. The van der Waals surface area contributed by atoms with Gasteiger partial charge in [0.05, 0.1) is 16.7 Å². The van der Waals surface area contributed by atoms with E-state index >= 15 is 0 Å². The van der Waals surface area contributed by atoms with Crippen molar-refractivity contribution in [1.29, 1.82) is 0 Å². The summed E-state index contributed by atoms with van der Waals surface area (Å²) < 4.78 is 0. The second-order valence-corrected chi connectivity index (χ2v) is 5.09. The number of thioether (sulfide) groups is 1. The number of fused-ring (bicyclic) bond motifs is 1. The van der Waals surface area contributed by atoms with Crippen LogP contribution in [0.25, 0.3) is 10.9 Å². The molecule has 0 fully saturated rings. The summed E-state index contributed by atoms with van der Waals surface area (Å²) in [6, 6.07) is 6.99. The van der Waals surface area contributed by atoms with Crippen LogP contribution in [0.1, 0.15) is 5.69 Å². The summed E-state index contributed by atoms with van der Waals surface area (Å²) in [6.07, 6.45) is 0. The van der Waals surface area contributed by atoms with E-state index in [1.54, 1.807) is 17.8 Å². The van der Waals surface area contributed by atoms with Gasteiger partial charge in [-0.15, -0.1) is 11.8 Å². The number of aromatic nitrogens is 1. The van der Waals surface area contributed by atoms with Crippen LogP contribution in [0.5, 0.6) is 0 Å². The summed E-state index contributed by atoms with van der Waals surface area (Å²) in [7, 11) is 0. The van der Waals surface area contributed by atoms with Crippen molar-refractivity contribution in [1.82, 2.24) is 4.98 Å². The lowest BCUT2D eigenvalue weighted by Gasteiger charge is -1.94. The fraction of sp³-hybridized carbons (Fsp3) is 0.167. The van der Waals surface area contributed by atoms with Crippen molar-refractivity contribution in [2.24, 2.45) is 4.99 Å². The van der Waals surface area contributed by atoms with E-state index in [-0.39, 0.29) is 16.7 Å². The number of H-pyrrole nitrogens is 1. The molecule has 0 bridgehead atoms. The van der Waals surface area contributed by atoms with Gasteiger partial charge in [0, 0.05) is 17.2 Å². The van der Waals surface area contributed by atoms with E-state index in [4.69, 9.17) is 0 Å². The molecule has 0 saturated carbocycles. The normalized spacial score (nSPS) is 19.2. The third kappa shape index (κ3) is 1.78. The molecule has 18 heavy (non-hydrogen) atoms. The van der Waals surface area contributed by atoms with Gasteiger partial charge >= 0.3 is 0 Å². The van der Waals surface area contributed by atoms with Crippen molar-refractivity contribution in [2.75, 3.05) is 5.75 Å². The minimum atomic E-state index is -0.379. The zero-order valence-corrected chi connectivity index (χ0v) is 10.2. The molecule has 1 atom stereocenters. The lowest BCUT2D eigenvalue weighted by atomic mass is 10.2. The molecule has 1 radical (unpaired) electrons. The van der Waals surface area contributed by atoms with E-state index in [1.807, 2.05) is 12.1 Å². The van der Waals surface area contributed by atoms with E-state index in [1.165, 1.54) is 6.07 Å². The lowest BCUT2D eigenvalue weighted by molar-refractivity contribution is -0.383. The van der Waals surface area contributed by atoms with Crippen LogP contribution in [0.2, 0.25) is 0 Å². The van der Waals surface area contributed by atoms with Crippen molar-refractivity contribution in [3.05, 3.63) is 47.0 Å². The zero-order chi connectivity index (χ0) is 12.7. The fourth-order valence-corrected chi connectivity index (χ4v) is 2.88. The Morgan fingerprint density at radius 2 is 2.39 bits per heavy atom. The van der Waals surface area contributed by atoms with Crippen LogP contribution in [0.3, 0.4) is 0 Å². The number of hydrogen-bond donors (Lipinski definition) is 1. The first-order valence-electron chi connectivity index (χ1n) is 5.45. The highest BCUT2D eigenvalue weighted by molar-refractivity contribution is 8.14. The van der Waals surface area contributed by atoms with Crippen LogP contribution >= 0.6 is 11.8 Å². The molecule has 91 valence electrons. The third-order valence-electron chi connectivity index (χ3n) is 2.77. The van der Waals surface area contributed by atoms with Gasteiger partial charge in [-0.05, 0) is 13.0 Å². The quantitative estimate of drug-likeness (QED) is 0.666. The minimum Gasteiger partial charge on any atom is -0.347 e. The second-order valence-electron chi connectivity index (χ2n) is 4.08. The van der Waals surface area contributed by atoms with E-state index < -0.39 is 0 Å². The summed E-state index contributed by atoms with van der Waals surface area (Å²) >= 11 is 1.62. The van der Waals surface area contributed by atoms with E-state index in [9.17, 15) is 10.1 Å². The zero-order valence-electron chi connectivity index (χ0n) is 9.42. The van der Waals surface area contributed by atoms with Crippen LogP contribution in [-0.2, 0) is 0 Å². The summed E-state index contributed by atoms with van der Waals surface area (Å²) in [6.45, 7) is 3.88. The van der Waals surface area contributed by atoms with Gasteiger partial charge in [0.2, 0.25) is 0 Å². The average molecular weight is 260 g/mol. The number of nitro groups is 1. The van der Waals surface area contributed by atoms with E-state index in [0.29, 0.717) is 5.52 Å². The molecule has 0 saturated heterocycles. The van der Waals surface area contributed by atoms with Gasteiger partial charge in [0.15, 0.2) is 0 Å². The number of nitrogens with one attached hydrogen (secondary N) is 1. The molecule has 2 aromatic rings. The largest absolute Gasteiger partial charge is 0.347 e. The fourth-order valence-electron chi connectivity index (χ4n) is 1.97. The van der Waals surface area contributed by atoms with Gasteiger partial charge in [-0.3, -0.25) is 15.1 Å². The number of aliphatic imine (C=N–C) groups is 1. The van der Waals surface area contributed by atoms with Crippen molar-refractivity contribution >= 4 is 33.4 Å². The summed E-state index contributed by atoms with van der Waals surface area (Å²) in [5.41, 5.74) is 1.47. The predicted molar refractivity (Wildman–Crippen MR) is 73.1 cm³/mol. The van der Waals surface area contributed by atoms with Gasteiger partial charge in [0.1, 0.15) is 10.6 Å². The molecule has 0 amide bonds. The maximum Gasteiger partial charge on any atom is 0.293 e. The Morgan fingerprint density at radius 1 is 1.56 bits per heavy atom. The molecule has 0 unspecified atom stereocenters. The average Bonchev–Trinajstić information content (AvgIpc) is 2.93. The van der Waals surface area contributed by atoms with Crippen LogP contribution in [0, 0.1) is 17.0 Å². The molecular weight excluding hydrogens is 250 g/mol. The van der Waals surface area contributed by atoms with E-state index in [2.05, 4.69) is 16.9 Å². The maximum absolute atomic E-state index is 10.9. The van der Waals surface area contributed by atoms with Gasteiger partial charge in [-0.1, -0.05) is 12.1 Å². The van der Waals surface area contributed by atoms with Crippen molar-refractivity contribution in [3.63, 3.8) is 0 Å². The minimum absolute atomic E-state index is 0.0615. The summed E-state index contributed by atoms with van der Waals surface area (Å²) in [4.78, 5) is 18.0. The standard InChI is InChI=1S/C12H10N3O2S/c1-7-6-18-12(13-7)9-5-8-3-2-4-10(15(16)17)11(8)14-9/h2-5,7,14H,1,6H2/t7-/m1/s1. The molecule has 6 heteroatoms. The van der Waals surface area contributed by atoms with Crippen molar-refractivity contribution < 1.29 is 4.92 Å². The highest BCUT2D eigenvalue weighted by Crippen LogP contribution is 2.29. The number of non-ortho nitro benzene ring substituents is 1. The monoisotopic (exact) mass is 260 g/mol. The lowest BCUT2D eigenvalue weighted by Crippen LogP contribution is -1.94. The Balaban J connectivity index is 2.14. The summed E-state index contributed by atoms with van der Waals surface area (Å²) in [5.74, 6) is 0.854. The number of hydrogen-bond acceptors (Lipinski definition) is 4. The summed E-state index contributed by atoms with van der Waals surface area (Å²) in [5, 5.41) is 12.6. The van der Waals surface area contributed by atoms with Gasteiger partial charge in [-0.2, -0.15) is 0 Å². The molecule has 1 aliphatic heterocycles. The molecule has 0 spiro atoms. The van der Waals surface area contributed by atoms with Crippen molar-refractivity contribution in [3.8, 4) is 0 Å². The topological polar surface area (TPSA) is 71.3 Å². The number of aromatic amines is 1. The molecule has 1 N–H and O–H groups in total. The van der Waals surface area contributed by atoms with E-state index in [0.717, 1.165) is 21.9 Å². The Morgan fingerprint density at radius 3 is 3.06 bits per heavy atom. The molecule has 1 aromatic carbocycles. The molecule has 3 rings (SSSR count). The molecule has 2 heterocycles. The second kappa shape index (κ2) is 4.13. The number of rotatable bonds is 2. The Hall–Kier alpha value is -1.82. The Labute approximate surface area is 107 Å². The van der Waals surface area contributed by atoms with Crippen LogP contribution in [0.4, 0.5) is 5.69 Å². The predicted octanol–water partition coefficient (Wildman–Crippen LogP) is 2.77. The van der Waals surface area contributed by atoms with Gasteiger partial charge < -0.3 is 4.98 Å². The molecule has 0 aliphatic carbocycles. The first-order chi connectivity index (χ1) is 8.65. The Bertz CT molecular complexity index is 662. The van der Waals surface area contributed by atoms with Crippen LogP contribution < -0.4 is 0 Å². The SMILES string of the molecule is [CH2][C@@H]1CSC(c2cc3cccc([N+](=O)[O-])c3[nH]2)=N1. The number of benzene rings is 1. The van der Waals surface area contributed by atoms with Gasteiger partial charge in [-0.25, -0.2) is 0 Å². The first kappa shape index (κ1) is 11.3. The van der Waals surface area contributed by atoms with Gasteiger partial charge in [0.25, 0.3) is 5.69 Å². The first-order valence-corrected chi connectivity index (χ1v) is 6.44. The smallest absolute Gasteiger partial charge is 0.293 e. The van der Waals surface area contributed by atoms with Crippen molar-refractivity contribution in [2.45, 2.75) is 6.04 Å². The maximum atomic E-state index is 10.9. The Kier molecular flexibility index (Phi) is 2.59. The highest BCUT2D eigenvalue weighted by Gasteiger charge is 2.20. The molecular formula is C12H10N3O2S. The molecule has 1 aliphatic rings. The highest BCUT2D eigenvalue weighted by atomic mass is 32.2.